The fraction of sp³-hybridized carbons (Fsp3) is 0.550. The standard InChI is InChI=1S/C20H27N3O2/c1-14-2-4-18-16(12-14)17-13-15(3-5-19(17)22-18)20(24)21-6-7-23-8-10-25-11-9-23/h3,5,13-14,22H,2,4,6-12H2,1H3,(H,21,24). The molecule has 25 heavy (non-hydrogen) atoms. The lowest BCUT2D eigenvalue weighted by Crippen LogP contribution is -2.41. The van der Waals surface area contributed by atoms with Crippen molar-refractivity contribution in [3.8, 4) is 0 Å². The molecular weight excluding hydrogens is 314 g/mol. The Kier molecular flexibility index (Phi) is 4.77. The van der Waals surface area contributed by atoms with Gasteiger partial charge in [0.2, 0.25) is 0 Å². The molecule has 5 heteroatoms. The summed E-state index contributed by atoms with van der Waals surface area (Å²) in [6.45, 7) is 7.37. The van der Waals surface area contributed by atoms with Crippen LogP contribution in [0.3, 0.4) is 0 Å². The Morgan fingerprint density at radius 1 is 1.36 bits per heavy atom. The molecule has 1 saturated heterocycles. The highest BCUT2D eigenvalue weighted by molar-refractivity contribution is 5.99. The number of hydrogen-bond acceptors (Lipinski definition) is 3. The van der Waals surface area contributed by atoms with Gasteiger partial charge in [0.25, 0.3) is 5.91 Å². The molecule has 0 spiro atoms. The number of benzene rings is 1. The van der Waals surface area contributed by atoms with Gasteiger partial charge in [0.15, 0.2) is 0 Å². The molecule has 1 aromatic carbocycles. The number of ether oxygens (including phenoxy) is 1. The average Bonchev–Trinajstić information content (AvgIpc) is 2.99. The lowest BCUT2D eigenvalue weighted by molar-refractivity contribution is 0.0383. The molecule has 1 aliphatic heterocycles. The molecule has 4 rings (SSSR count). The van der Waals surface area contributed by atoms with Crippen LogP contribution in [0.2, 0.25) is 0 Å². The normalized spacial score (nSPS) is 21.2. The molecule has 0 radical (unpaired) electrons. The van der Waals surface area contributed by atoms with Gasteiger partial charge < -0.3 is 15.0 Å². The third-order valence-corrected chi connectivity index (χ3v) is 5.51. The van der Waals surface area contributed by atoms with Crippen molar-refractivity contribution in [3.05, 3.63) is 35.0 Å². The maximum atomic E-state index is 12.5. The van der Waals surface area contributed by atoms with Crippen LogP contribution in [0.4, 0.5) is 0 Å². The second kappa shape index (κ2) is 7.18. The molecule has 5 nitrogen and oxygen atoms in total. The third-order valence-electron chi connectivity index (χ3n) is 5.51. The van der Waals surface area contributed by atoms with Crippen LogP contribution in [0.15, 0.2) is 18.2 Å². The quantitative estimate of drug-likeness (QED) is 0.897. The second-order valence-corrected chi connectivity index (χ2v) is 7.40. The van der Waals surface area contributed by atoms with Crippen LogP contribution in [-0.2, 0) is 17.6 Å². The predicted molar refractivity (Wildman–Crippen MR) is 99.1 cm³/mol. The van der Waals surface area contributed by atoms with Crippen LogP contribution in [0.25, 0.3) is 10.9 Å². The highest BCUT2D eigenvalue weighted by atomic mass is 16.5. The SMILES string of the molecule is CC1CCc2[nH]c3ccc(C(=O)NCCN4CCOCC4)cc3c2C1. The summed E-state index contributed by atoms with van der Waals surface area (Å²) in [5.74, 6) is 0.742. The van der Waals surface area contributed by atoms with E-state index in [-0.39, 0.29) is 5.91 Å². The predicted octanol–water partition coefficient (Wildman–Crippen LogP) is 2.35. The summed E-state index contributed by atoms with van der Waals surface area (Å²) in [5.41, 5.74) is 4.69. The molecule has 0 bridgehead atoms. The zero-order chi connectivity index (χ0) is 17.2. The summed E-state index contributed by atoms with van der Waals surface area (Å²) < 4.78 is 5.35. The first-order chi connectivity index (χ1) is 12.2. The summed E-state index contributed by atoms with van der Waals surface area (Å²) in [7, 11) is 0. The Morgan fingerprint density at radius 3 is 3.04 bits per heavy atom. The lowest BCUT2D eigenvalue weighted by Gasteiger charge is -2.26. The number of aromatic nitrogens is 1. The van der Waals surface area contributed by atoms with E-state index in [1.807, 2.05) is 6.07 Å². The van der Waals surface area contributed by atoms with Gasteiger partial charge in [-0.05, 0) is 48.9 Å². The van der Waals surface area contributed by atoms with Crippen LogP contribution in [-0.4, -0.2) is 55.2 Å². The summed E-state index contributed by atoms with van der Waals surface area (Å²) in [4.78, 5) is 18.4. The molecule has 1 aliphatic carbocycles. The molecule has 1 aromatic heterocycles. The Balaban J connectivity index is 1.43. The molecule has 2 aromatic rings. The van der Waals surface area contributed by atoms with E-state index in [2.05, 4.69) is 34.3 Å². The monoisotopic (exact) mass is 341 g/mol. The number of rotatable bonds is 4. The van der Waals surface area contributed by atoms with Crippen molar-refractivity contribution in [2.45, 2.75) is 26.2 Å². The molecule has 2 heterocycles. The number of amides is 1. The summed E-state index contributed by atoms with van der Waals surface area (Å²) >= 11 is 0. The first-order valence-electron chi connectivity index (χ1n) is 9.42. The van der Waals surface area contributed by atoms with Crippen molar-refractivity contribution in [2.75, 3.05) is 39.4 Å². The van der Waals surface area contributed by atoms with Crippen LogP contribution in [0, 0.1) is 5.92 Å². The number of carbonyl (C=O) groups is 1. The Bertz CT molecular complexity index is 762. The zero-order valence-corrected chi connectivity index (χ0v) is 14.9. The molecule has 1 amide bonds. The maximum absolute atomic E-state index is 12.5. The molecular formula is C20H27N3O2. The first-order valence-corrected chi connectivity index (χ1v) is 9.42. The molecule has 1 fully saturated rings. The van der Waals surface area contributed by atoms with E-state index < -0.39 is 0 Å². The Morgan fingerprint density at radius 2 is 2.20 bits per heavy atom. The number of aromatic amines is 1. The zero-order valence-electron chi connectivity index (χ0n) is 14.9. The Labute approximate surface area is 148 Å². The topological polar surface area (TPSA) is 57.4 Å². The molecule has 2 aliphatic rings. The van der Waals surface area contributed by atoms with E-state index in [1.54, 1.807) is 0 Å². The van der Waals surface area contributed by atoms with Gasteiger partial charge in [0.1, 0.15) is 0 Å². The minimum Gasteiger partial charge on any atom is -0.379 e. The average molecular weight is 341 g/mol. The number of carbonyl (C=O) groups excluding carboxylic acids is 1. The lowest BCUT2D eigenvalue weighted by atomic mass is 9.87. The number of hydrogen-bond donors (Lipinski definition) is 2. The molecule has 2 N–H and O–H groups in total. The van der Waals surface area contributed by atoms with Gasteiger partial charge in [-0.2, -0.15) is 0 Å². The number of H-pyrrole nitrogens is 1. The summed E-state index contributed by atoms with van der Waals surface area (Å²) in [6, 6.07) is 6.04. The first kappa shape index (κ1) is 16.6. The highest BCUT2D eigenvalue weighted by Gasteiger charge is 2.20. The fourth-order valence-electron chi connectivity index (χ4n) is 3.99. The van der Waals surface area contributed by atoms with Gasteiger partial charge in [-0.25, -0.2) is 0 Å². The van der Waals surface area contributed by atoms with Crippen LogP contribution in [0.1, 0.15) is 35.0 Å². The van der Waals surface area contributed by atoms with Gasteiger partial charge in [-0.1, -0.05) is 6.92 Å². The van der Waals surface area contributed by atoms with E-state index in [9.17, 15) is 4.79 Å². The van der Waals surface area contributed by atoms with Crippen molar-refractivity contribution < 1.29 is 9.53 Å². The van der Waals surface area contributed by atoms with Crippen molar-refractivity contribution >= 4 is 16.8 Å². The minimum atomic E-state index is 0.0222. The van der Waals surface area contributed by atoms with E-state index in [0.29, 0.717) is 6.54 Å². The molecule has 1 atom stereocenters. The summed E-state index contributed by atoms with van der Waals surface area (Å²) in [6.07, 6.45) is 3.47. The van der Waals surface area contributed by atoms with E-state index in [1.165, 1.54) is 23.1 Å². The smallest absolute Gasteiger partial charge is 0.251 e. The van der Waals surface area contributed by atoms with E-state index >= 15 is 0 Å². The van der Waals surface area contributed by atoms with E-state index in [4.69, 9.17) is 4.74 Å². The third kappa shape index (κ3) is 3.58. The van der Waals surface area contributed by atoms with Gasteiger partial charge in [0.05, 0.1) is 13.2 Å². The van der Waals surface area contributed by atoms with Crippen LogP contribution < -0.4 is 5.32 Å². The van der Waals surface area contributed by atoms with Crippen molar-refractivity contribution in [1.29, 1.82) is 0 Å². The second-order valence-electron chi connectivity index (χ2n) is 7.40. The highest BCUT2D eigenvalue weighted by Crippen LogP contribution is 2.32. The molecule has 1 unspecified atom stereocenters. The molecule has 0 saturated carbocycles. The van der Waals surface area contributed by atoms with E-state index in [0.717, 1.165) is 62.7 Å². The van der Waals surface area contributed by atoms with Crippen LogP contribution in [0.5, 0.6) is 0 Å². The Hall–Kier alpha value is -1.85. The maximum Gasteiger partial charge on any atom is 0.251 e. The van der Waals surface area contributed by atoms with Crippen molar-refractivity contribution in [1.82, 2.24) is 15.2 Å². The van der Waals surface area contributed by atoms with Gasteiger partial charge >= 0.3 is 0 Å². The molecule has 134 valence electrons. The minimum absolute atomic E-state index is 0.0222. The van der Waals surface area contributed by atoms with Crippen molar-refractivity contribution in [3.63, 3.8) is 0 Å². The summed E-state index contributed by atoms with van der Waals surface area (Å²) in [5, 5.41) is 4.28. The largest absolute Gasteiger partial charge is 0.379 e. The number of nitrogens with zero attached hydrogens (tertiary/aromatic N) is 1. The number of morpholine rings is 1. The van der Waals surface area contributed by atoms with Gasteiger partial charge in [-0.3, -0.25) is 9.69 Å². The van der Waals surface area contributed by atoms with Crippen molar-refractivity contribution in [2.24, 2.45) is 5.92 Å². The number of aryl methyl sites for hydroxylation is 1. The van der Waals surface area contributed by atoms with Gasteiger partial charge in [0, 0.05) is 48.3 Å². The fourth-order valence-corrected chi connectivity index (χ4v) is 3.99. The van der Waals surface area contributed by atoms with Gasteiger partial charge in [-0.15, -0.1) is 0 Å². The number of nitrogens with one attached hydrogen (secondary N) is 2. The number of fused-ring (bicyclic) bond motifs is 3. The van der Waals surface area contributed by atoms with Crippen LogP contribution >= 0.6 is 0 Å².